The Kier molecular flexibility index (Phi) is 3.68. The summed E-state index contributed by atoms with van der Waals surface area (Å²) in [5.74, 6) is -0.0484. The third-order valence-corrected chi connectivity index (χ3v) is 4.96. The number of aromatic nitrogens is 2. The Morgan fingerprint density at radius 3 is 2.36 bits per heavy atom. The highest BCUT2D eigenvalue weighted by molar-refractivity contribution is 6.10. The first-order valence-electron chi connectivity index (χ1n) is 8.64. The average Bonchev–Trinajstić information content (AvgIpc) is 3.15. The highest BCUT2D eigenvalue weighted by Crippen LogP contribution is 2.42. The van der Waals surface area contributed by atoms with Gasteiger partial charge in [-0.25, -0.2) is 0 Å². The molecule has 0 saturated carbocycles. The van der Waals surface area contributed by atoms with Gasteiger partial charge in [-0.05, 0) is 43.5 Å². The molecule has 0 spiro atoms. The van der Waals surface area contributed by atoms with Crippen molar-refractivity contribution in [3.8, 4) is 0 Å². The van der Waals surface area contributed by atoms with Crippen molar-refractivity contribution in [1.29, 1.82) is 0 Å². The maximum absolute atomic E-state index is 13.0. The minimum atomic E-state index is -0.144. The molecular formula is C21H21N3O. The molecule has 0 fully saturated rings. The Labute approximate surface area is 147 Å². The van der Waals surface area contributed by atoms with Crippen LogP contribution in [-0.2, 0) is 6.42 Å². The minimum Gasteiger partial charge on any atom is -0.295 e. The molecule has 25 heavy (non-hydrogen) atoms. The van der Waals surface area contributed by atoms with Crippen molar-refractivity contribution < 1.29 is 4.79 Å². The molecule has 0 unspecified atom stereocenters. The van der Waals surface area contributed by atoms with Gasteiger partial charge in [-0.1, -0.05) is 48.9 Å². The molecule has 1 amide bonds. The van der Waals surface area contributed by atoms with Crippen LogP contribution in [0.5, 0.6) is 0 Å². The monoisotopic (exact) mass is 331 g/mol. The number of carbonyl (C=O) groups excluding carboxylic acids is 1. The lowest BCUT2D eigenvalue weighted by Crippen LogP contribution is -2.29. The Hall–Kier alpha value is -2.88. The van der Waals surface area contributed by atoms with Gasteiger partial charge in [-0.3, -0.25) is 14.8 Å². The molecule has 0 saturated heterocycles. The summed E-state index contributed by atoms with van der Waals surface area (Å²) in [6.45, 7) is 6.17. The van der Waals surface area contributed by atoms with Crippen LogP contribution in [0.25, 0.3) is 0 Å². The van der Waals surface area contributed by atoms with Crippen LogP contribution in [0.4, 0.5) is 5.69 Å². The van der Waals surface area contributed by atoms with Gasteiger partial charge < -0.3 is 0 Å². The van der Waals surface area contributed by atoms with E-state index in [2.05, 4.69) is 41.4 Å². The van der Waals surface area contributed by atoms with E-state index in [-0.39, 0.29) is 11.9 Å². The van der Waals surface area contributed by atoms with Crippen LogP contribution in [0.15, 0.2) is 48.5 Å². The number of anilines is 1. The zero-order chi connectivity index (χ0) is 17.6. The van der Waals surface area contributed by atoms with E-state index in [1.807, 2.05) is 43.0 Å². The number of nitrogens with zero attached hydrogens (tertiary/aromatic N) is 2. The number of nitrogens with one attached hydrogen (secondary N) is 1. The summed E-state index contributed by atoms with van der Waals surface area (Å²) in [6.07, 6.45) is 1.00. The molecule has 4 heteroatoms. The number of fused-ring (bicyclic) bond motifs is 1. The number of hydrogen-bond donors (Lipinski definition) is 1. The summed E-state index contributed by atoms with van der Waals surface area (Å²) in [4.78, 5) is 14.9. The van der Waals surface area contributed by atoms with Crippen LogP contribution in [0.1, 0.15) is 51.4 Å². The second kappa shape index (κ2) is 5.88. The van der Waals surface area contributed by atoms with Gasteiger partial charge in [0.2, 0.25) is 0 Å². The maximum atomic E-state index is 13.0. The number of H-pyrrole nitrogens is 1. The molecule has 4 rings (SSSR count). The first-order chi connectivity index (χ1) is 12.1. The predicted octanol–water partition coefficient (Wildman–Crippen LogP) is 4.34. The van der Waals surface area contributed by atoms with Gasteiger partial charge in [0.1, 0.15) is 0 Å². The molecule has 2 aromatic carbocycles. The molecule has 1 atom stereocenters. The summed E-state index contributed by atoms with van der Waals surface area (Å²) < 4.78 is 0. The number of benzene rings is 2. The Bertz CT molecular complexity index is 923. The van der Waals surface area contributed by atoms with E-state index in [0.29, 0.717) is 5.69 Å². The number of amides is 1. The molecule has 0 radical (unpaired) electrons. The van der Waals surface area contributed by atoms with Crippen molar-refractivity contribution in [2.75, 3.05) is 4.90 Å². The zero-order valence-corrected chi connectivity index (χ0v) is 14.7. The summed E-state index contributed by atoms with van der Waals surface area (Å²) in [5, 5.41) is 7.24. The van der Waals surface area contributed by atoms with E-state index >= 15 is 0 Å². The molecule has 2 heterocycles. The quantitative estimate of drug-likeness (QED) is 0.776. The lowest BCUT2D eigenvalue weighted by molar-refractivity contribution is 0.0988. The van der Waals surface area contributed by atoms with Gasteiger partial charge in [0.25, 0.3) is 5.91 Å². The van der Waals surface area contributed by atoms with Gasteiger partial charge in [-0.2, -0.15) is 5.10 Å². The van der Waals surface area contributed by atoms with E-state index in [9.17, 15) is 4.79 Å². The van der Waals surface area contributed by atoms with Crippen LogP contribution >= 0.6 is 0 Å². The summed E-state index contributed by atoms with van der Waals surface area (Å²) >= 11 is 0. The van der Waals surface area contributed by atoms with Gasteiger partial charge >= 0.3 is 0 Å². The Balaban J connectivity index is 1.86. The number of carbonyl (C=O) groups is 1. The standard InChI is InChI=1S/C21H21N3O/c1-4-15-7-9-16(10-8-15)20-18-14(3)22-23-19(18)21(25)24(20)17-11-5-13(2)6-12-17/h5-12,20H,4H2,1-3H3,(H,22,23)/t20-/m0/s1. The predicted molar refractivity (Wildman–Crippen MR) is 99.0 cm³/mol. The van der Waals surface area contributed by atoms with Crippen molar-refractivity contribution in [2.45, 2.75) is 33.2 Å². The molecular weight excluding hydrogens is 310 g/mol. The molecule has 0 aliphatic carbocycles. The van der Waals surface area contributed by atoms with E-state index in [0.717, 1.165) is 28.9 Å². The van der Waals surface area contributed by atoms with Gasteiger partial charge in [0, 0.05) is 16.9 Å². The number of rotatable bonds is 3. The maximum Gasteiger partial charge on any atom is 0.279 e. The van der Waals surface area contributed by atoms with Crippen molar-refractivity contribution >= 4 is 11.6 Å². The van der Waals surface area contributed by atoms with Gasteiger partial charge in [0.05, 0.1) is 6.04 Å². The number of aromatic amines is 1. The largest absolute Gasteiger partial charge is 0.295 e. The smallest absolute Gasteiger partial charge is 0.279 e. The van der Waals surface area contributed by atoms with E-state index < -0.39 is 0 Å². The van der Waals surface area contributed by atoms with Crippen LogP contribution in [0.3, 0.4) is 0 Å². The van der Waals surface area contributed by atoms with Crippen LogP contribution in [0.2, 0.25) is 0 Å². The molecule has 3 aromatic rings. The molecule has 1 aromatic heterocycles. The van der Waals surface area contributed by atoms with Crippen molar-refractivity contribution in [3.05, 3.63) is 82.2 Å². The minimum absolute atomic E-state index is 0.0484. The molecule has 1 aliphatic heterocycles. The first kappa shape index (κ1) is 15.6. The second-order valence-corrected chi connectivity index (χ2v) is 6.62. The third-order valence-electron chi connectivity index (χ3n) is 4.96. The topological polar surface area (TPSA) is 49.0 Å². The molecule has 4 nitrogen and oxygen atoms in total. The van der Waals surface area contributed by atoms with Crippen LogP contribution < -0.4 is 4.90 Å². The number of aryl methyl sites for hydroxylation is 3. The Morgan fingerprint density at radius 2 is 1.72 bits per heavy atom. The second-order valence-electron chi connectivity index (χ2n) is 6.62. The third kappa shape index (κ3) is 2.45. The summed E-state index contributed by atoms with van der Waals surface area (Å²) in [5.41, 5.74) is 6.93. The summed E-state index contributed by atoms with van der Waals surface area (Å²) in [7, 11) is 0. The van der Waals surface area contributed by atoms with E-state index in [4.69, 9.17) is 0 Å². The van der Waals surface area contributed by atoms with E-state index in [1.54, 1.807) is 0 Å². The highest BCUT2D eigenvalue weighted by Gasteiger charge is 2.42. The fourth-order valence-electron chi connectivity index (χ4n) is 3.52. The van der Waals surface area contributed by atoms with Crippen molar-refractivity contribution in [2.24, 2.45) is 0 Å². The lowest BCUT2D eigenvalue weighted by atomic mass is 9.97. The lowest BCUT2D eigenvalue weighted by Gasteiger charge is -2.26. The fourth-order valence-corrected chi connectivity index (χ4v) is 3.52. The van der Waals surface area contributed by atoms with Crippen LogP contribution in [0, 0.1) is 13.8 Å². The molecule has 1 aliphatic rings. The zero-order valence-electron chi connectivity index (χ0n) is 14.7. The molecule has 1 N–H and O–H groups in total. The first-order valence-corrected chi connectivity index (χ1v) is 8.64. The Morgan fingerprint density at radius 1 is 1.04 bits per heavy atom. The molecule has 126 valence electrons. The fraction of sp³-hybridized carbons (Fsp3) is 0.238. The van der Waals surface area contributed by atoms with Gasteiger partial charge in [-0.15, -0.1) is 0 Å². The normalized spacial score (nSPS) is 16.4. The van der Waals surface area contributed by atoms with Crippen LogP contribution in [-0.4, -0.2) is 16.1 Å². The molecule has 0 bridgehead atoms. The average molecular weight is 331 g/mol. The highest BCUT2D eigenvalue weighted by atomic mass is 16.2. The SMILES string of the molecule is CCc1ccc([C@H]2c3c(n[nH]c3C)C(=O)N2c2ccc(C)cc2)cc1. The van der Waals surface area contributed by atoms with Crippen molar-refractivity contribution in [1.82, 2.24) is 10.2 Å². The van der Waals surface area contributed by atoms with Gasteiger partial charge in [0.15, 0.2) is 5.69 Å². The van der Waals surface area contributed by atoms with E-state index in [1.165, 1.54) is 11.1 Å². The summed E-state index contributed by atoms with van der Waals surface area (Å²) in [6, 6.07) is 16.5. The van der Waals surface area contributed by atoms with Crippen molar-refractivity contribution in [3.63, 3.8) is 0 Å². The number of hydrogen-bond acceptors (Lipinski definition) is 2.